The highest BCUT2D eigenvalue weighted by Crippen LogP contribution is 2.19. The standard InChI is InChI=1S/C10H12ClNO2S/c1-3-6-12-15(13,14)9-5-4-8(2)10(11)7-9/h3-5,7,12H,1,6H2,2H3. The van der Waals surface area contributed by atoms with E-state index in [-0.39, 0.29) is 11.4 Å². The molecule has 0 spiro atoms. The summed E-state index contributed by atoms with van der Waals surface area (Å²) in [6.07, 6.45) is 1.48. The molecule has 3 nitrogen and oxygen atoms in total. The molecule has 0 aliphatic heterocycles. The summed E-state index contributed by atoms with van der Waals surface area (Å²) in [5.74, 6) is 0. The Hall–Kier alpha value is -0.840. The molecule has 0 radical (unpaired) electrons. The lowest BCUT2D eigenvalue weighted by Crippen LogP contribution is -2.23. The van der Waals surface area contributed by atoms with Crippen LogP contribution in [0.25, 0.3) is 0 Å². The van der Waals surface area contributed by atoms with E-state index >= 15 is 0 Å². The molecule has 0 heterocycles. The summed E-state index contributed by atoms with van der Waals surface area (Å²) in [7, 11) is -3.47. The molecule has 5 heteroatoms. The number of hydrogen-bond acceptors (Lipinski definition) is 2. The first-order valence-corrected chi connectivity index (χ1v) is 6.20. The second-order valence-electron chi connectivity index (χ2n) is 3.05. The van der Waals surface area contributed by atoms with E-state index in [0.717, 1.165) is 5.56 Å². The average Bonchev–Trinajstić information content (AvgIpc) is 2.19. The summed E-state index contributed by atoms with van der Waals surface area (Å²) in [6.45, 7) is 5.45. The number of benzene rings is 1. The molecule has 0 aliphatic carbocycles. The van der Waals surface area contributed by atoms with Crippen molar-refractivity contribution in [3.05, 3.63) is 41.4 Å². The van der Waals surface area contributed by atoms with Crippen molar-refractivity contribution < 1.29 is 8.42 Å². The van der Waals surface area contributed by atoms with Crippen LogP contribution in [0, 0.1) is 6.92 Å². The molecule has 82 valence electrons. The maximum absolute atomic E-state index is 11.6. The minimum absolute atomic E-state index is 0.167. The fourth-order valence-electron chi connectivity index (χ4n) is 0.993. The first-order chi connectivity index (χ1) is 6.97. The van der Waals surface area contributed by atoms with E-state index < -0.39 is 10.0 Å². The lowest BCUT2D eigenvalue weighted by Gasteiger charge is -2.05. The van der Waals surface area contributed by atoms with Gasteiger partial charge in [0.25, 0.3) is 0 Å². The van der Waals surface area contributed by atoms with Gasteiger partial charge in [0.05, 0.1) is 4.90 Å². The van der Waals surface area contributed by atoms with E-state index in [2.05, 4.69) is 11.3 Å². The molecule has 1 N–H and O–H groups in total. The third-order valence-corrected chi connectivity index (χ3v) is 3.70. The number of sulfonamides is 1. The van der Waals surface area contributed by atoms with E-state index in [4.69, 9.17) is 11.6 Å². The topological polar surface area (TPSA) is 46.2 Å². The summed E-state index contributed by atoms with van der Waals surface area (Å²) in [5, 5.41) is 0.441. The second kappa shape index (κ2) is 4.79. The molecule has 1 aromatic carbocycles. The Morgan fingerprint density at radius 3 is 2.73 bits per heavy atom. The molecule has 0 amide bonds. The average molecular weight is 246 g/mol. The maximum atomic E-state index is 11.6. The van der Waals surface area contributed by atoms with Gasteiger partial charge in [0, 0.05) is 11.6 Å². The van der Waals surface area contributed by atoms with Crippen molar-refractivity contribution in [3.63, 3.8) is 0 Å². The number of hydrogen-bond donors (Lipinski definition) is 1. The summed E-state index contributed by atoms with van der Waals surface area (Å²) < 4.78 is 25.6. The fraction of sp³-hybridized carbons (Fsp3) is 0.200. The third-order valence-electron chi connectivity index (χ3n) is 1.87. The zero-order valence-corrected chi connectivity index (χ0v) is 9.90. The fourth-order valence-corrected chi connectivity index (χ4v) is 2.26. The van der Waals surface area contributed by atoms with Gasteiger partial charge in [-0.05, 0) is 24.6 Å². The third kappa shape index (κ3) is 3.06. The van der Waals surface area contributed by atoms with E-state index in [1.165, 1.54) is 18.2 Å². The van der Waals surface area contributed by atoms with Crippen LogP contribution in [0.1, 0.15) is 5.56 Å². The Morgan fingerprint density at radius 1 is 1.53 bits per heavy atom. The van der Waals surface area contributed by atoms with Crippen molar-refractivity contribution in [1.82, 2.24) is 4.72 Å². The summed E-state index contributed by atoms with van der Waals surface area (Å²) in [5.41, 5.74) is 0.847. The van der Waals surface area contributed by atoms with Crippen LogP contribution in [0.15, 0.2) is 35.7 Å². The van der Waals surface area contributed by atoms with Crippen molar-refractivity contribution in [1.29, 1.82) is 0 Å². The normalized spacial score (nSPS) is 11.3. The molecule has 0 saturated carbocycles. The minimum Gasteiger partial charge on any atom is -0.207 e. The van der Waals surface area contributed by atoms with Crippen LogP contribution >= 0.6 is 11.6 Å². The lowest BCUT2D eigenvalue weighted by molar-refractivity contribution is 0.585. The predicted octanol–water partition coefficient (Wildman–Crippen LogP) is 2.11. The van der Waals surface area contributed by atoms with Crippen molar-refractivity contribution in [3.8, 4) is 0 Å². The molecule has 1 rings (SSSR count). The molecule has 15 heavy (non-hydrogen) atoms. The highest BCUT2D eigenvalue weighted by molar-refractivity contribution is 7.89. The van der Waals surface area contributed by atoms with E-state index in [0.29, 0.717) is 5.02 Å². The van der Waals surface area contributed by atoms with Gasteiger partial charge in [0.1, 0.15) is 0 Å². The Morgan fingerprint density at radius 2 is 2.20 bits per heavy atom. The van der Waals surface area contributed by atoms with Gasteiger partial charge in [-0.1, -0.05) is 23.7 Å². The SMILES string of the molecule is C=CCNS(=O)(=O)c1ccc(C)c(Cl)c1. The quantitative estimate of drug-likeness (QED) is 0.826. The Bertz CT molecular complexity index is 468. The Balaban J connectivity index is 3.05. The maximum Gasteiger partial charge on any atom is 0.240 e. The number of rotatable bonds is 4. The molecule has 0 fully saturated rings. The van der Waals surface area contributed by atoms with Gasteiger partial charge >= 0.3 is 0 Å². The van der Waals surface area contributed by atoms with Gasteiger partial charge in [-0.25, -0.2) is 13.1 Å². The van der Waals surface area contributed by atoms with Crippen LogP contribution in [0.4, 0.5) is 0 Å². The summed E-state index contributed by atoms with van der Waals surface area (Å²) in [4.78, 5) is 0.167. The van der Waals surface area contributed by atoms with Gasteiger partial charge < -0.3 is 0 Å². The number of halogens is 1. The largest absolute Gasteiger partial charge is 0.240 e. The Kier molecular flexibility index (Phi) is 3.90. The molecule has 0 atom stereocenters. The van der Waals surface area contributed by atoms with Gasteiger partial charge in [-0.3, -0.25) is 0 Å². The van der Waals surface area contributed by atoms with Gasteiger partial charge in [0.2, 0.25) is 10.0 Å². The van der Waals surface area contributed by atoms with Gasteiger partial charge in [-0.2, -0.15) is 0 Å². The van der Waals surface area contributed by atoms with Gasteiger partial charge in [-0.15, -0.1) is 6.58 Å². The van der Waals surface area contributed by atoms with Crippen LogP contribution < -0.4 is 4.72 Å². The van der Waals surface area contributed by atoms with Crippen LogP contribution in [-0.4, -0.2) is 15.0 Å². The molecule has 0 bridgehead atoms. The monoisotopic (exact) mass is 245 g/mol. The van der Waals surface area contributed by atoms with Crippen molar-refractivity contribution in [2.75, 3.05) is 6.54 Å². The molecule has 0 aliphatic rings. The van der Waals surface area contributed by atoms with E-state index in [1.807, 2.05) is 6.92 Å². The molecular formula is C10H12ClNO2S. The highest BCUT2D eigenvalue weighted by atomic mass is 35.5. The first kappa shape index (κ1) is 12.2. The van der Waals surface area contributed by atoms with Crippen LogP contribution in [-0.2, 0) is 10.0 Å². The van der Waals surface area contributed by atoms with Crippen molar-refractivity contribution in [2.45, 2.75) is 11.8 Å². The number of nitrogens with one attached hydrogen (secondary N) is 1. The van der Waals surface area contributed by atoms with Gasteiger partial charge in [0.15, 0.2) is 0 Å². The molecular weight excluding hydrogens is 234 g/mol. The second-order valence-corrected chi connectivity index (χ2v) is 5.23. The lowest BCUT2D eigenvalue weighted by atomic mass is 10.2. The summed E-state index contributed by atoms with van der Waals surface area (Å²) in [6, 6.07) is 4.62. The predicted molar refractivity (Wildman–Crippen MR) is 61.6 cm³/mol. The first-order valence-electron chi connectivity index (χ1n) is 4.34. The summed E-state index contributed by atoms with van der Waals surface area (Å²) >= 11 is 5.84. The smallest absolute Gasteiger partial charge is 0.207 e. The molecule has 0 unspecified atom stereocenters. The number of aryl methyl sites for hydroxylation is 1. The van der Waals surface area contributed by atoms with Crippen molar-refractivity contribution in [2.24, 2.45) is 0 Å². The highest BCUT2D eigenvalue weighted by Gasteiger charge is 2.13. The molecule has 1 aromatic rings. The van der Waals surface area contributed by atoms with Crippen molar-refractivity contribution >= 4 is 21.6 Å². The van der Waals surface area contributed by atoms with Crippen LogP contribution in [0.2, 0.25) is 5.02 Å². The zero-order chi connectivity index (χ0) is 11.5. The van der Waals surface area contributed by atoms with Crippen LogP contribution in [0.5, 0.6) is 0 Å². The van der Waals surface area contributed by atoms with E-state index in [1.54, 1.807) is 6.07 Å². The molecule has 0 saturated heterocycles. The zero-order valence-electron chi connectivity index (χ0n) is 8.33. The minimum atomic E-state index is -3.47. The van der Waals surface area contributed by atoms with E-state index in [9.17, 15) is 8.42 Å². The Labute approximate surface area is 94.8 Å². The molecule has 0 aromatic heterocycles. The van der Waals surface area contributed by atoms with Crippen LogP contribution in [0.3, 0.4) is 0 Å².